The molecule has 0 saturated heterocycles. The first-order valence-electron chi connectivity index (χ1n) is 28.4. The minimum atomic E-state index is -0.148. The van der Waals surface area contributed by atoms with E-state index in [0.717, 1.165) is 74.5 Å². The molecule has 0 unspecified atom stereocenters. The zero-order valence-corrected chi connectivity index (χ0v) is 48.4. The quantitative estimate of drug-likeness (QED) is 0.127. The Morgan fingerprint density at radius 3 is 1.75 bits per heavy atom. The van der Waals surface area contributed by atoms with Gasteiger partial charge in [0.25, 0.3) is 6.33 Å². The molecule has 3 aromatic heterocycles. The molecule has 13 rings (SSSR count). The minimum Gasteiger partial charge on any atom is -0.458 e. The van der Waals surface area contributed by atoms with Crippen molar-refractivity contribution in [3.8, 4) is 73.2 Å². The van der Waals surface area contributed by atoms with Crippen molar-refractivity contribution in [2.45, 2.75) is 130 Å². The number of para-hydroxylation sites is 2. The Balaban J connectivity index is 1.05. The summed E-state index contributed by atoms with van der Waals surface area (Å²) in [5.74, 6) is 2.37. The predicted octanol–water partition coefficient (Wildman–Crippen LogP) is 19.2. The molecule has 0 atom stereocenters. The van der Waals surface area contributed by atoms with E-state index < -0.39 is 0 Å². The fraction of sp³-hybridized carbons (Fsp3) is 0.270. The smallest absolute Gasteiger partial charge is 0.269 e. The predicted molar refractivity (Wildman–Crippen MR) is 329 cm³/mol. The Labute approximate surface area is 467 Å². The SMILES string of the molecule is CC(C)(C)c1ccc(-c2cc(C(C)(C)C)cc3c2-[n+]2[c-]n(-c4cccc(Oc5ccc6c7ccccc7n(-c7cc(C(C)(C)C)ccn7)c6c5)c4)c4cccc(c42)-c2ccccc2-c2cc4c(cc2-3)C(C)(C)CCC4(C)C)cc1. The van der Waals surface area contributed by atoms with Gasteiger partial charge in [-0.3, -0.25) is 13.7 Å². The van der Waals surface area contributed by atoms with Gasteiger partial charge in [-0.1, -0.05) is 199 Å². The molecule has 0 radical (unpaired) electrons. The van der Waals surface area contributed by atoms with E-state index in [4.69, 9.17) is 9.72 Å². The van der Waals surface area contributed by atoms with E-state index in [0.29, 0.717) is 0 Å². The molecule has 11 aromatic rings. The number of rotatable bonds is 5. The number of hydrogen-bond acceptors (Lipinski definition) is 2. The van der Waals surface area contributed by atoms with Gasteiger partial charge in [0.15, 0.2) is 0 Å². The maximum Gasteiger partial charge on any atom is 0.269 e. The largest absolute Gasteiger partial charge is 0.458 e. The van der Waals surface area contributed by atoms with E-state index in [9.17, 15) is 0 Å². The average Bonchev–Trinajstić information content (AvgIpc) is 3.82. The third-order valence-electron chi connectivity index (χ3n) is 17.5. The number of fused-ring (bicyclic) bond motifs is 11. The lowest BCUT2D eigenvalue weighted by atomic mass is 9.62. The van der Waals surface area contributed by atoms with Crippen molar-refractivity contribution in [2.24, 2.45) is 0 Å². The van der Waals surface area contributed by atoms with E-state index in [1.165, 1.54) is 72.1 Å². The number of hydrogen-bond donors (Lipinski definition) is 0. The maximum atomic E-state index is 6.96. The van der Waals surface area contributed by atoms with Gasteiger partial charge >= 0.3 is 0 Å². The van der Waals surface area contributed by atoms with Crippen LogP contribution in [0.15, 0.2) is 176 Å². The lowest BCUT2D eigenvalue weighted by molar-refractivity contribution is -0.570. The second-order valence-electron chi connectivity index (χ2n) is 27.0. The molecule has 79 heavy (non-hydrogen) atoms. The first kappa shape index (κ1) is 50.5. The number of imidazole rings is 1. The molecule has 394 valence electrons. The molecule has 1 aliphatic carbocycles. The maximum absolute atomic E-state index is 6.96. The second kappa shape index (κ2) is 17.7. The van der Waals surface area contributed by atoms with Crippen molar-refractivity contribution in [3.05, 3.63) is 210 Å². The van der Waals surface area contributed by atoms with Crippen LogP contribution in [0.5, 0.6) is 11.5 Å². The topological polar surface area (TPSA) is 35.9 Å². The summed E-state index contributed by atoms with van der Waals surface area (Å²) in [4.78, 5) is 4.94. The van der Waals surface area contributed by atoms with E-state index in [2.05, 4.69) is 280 Å². The lowest BCUT2D eigenvalue weighted by Gasteiger charge is -2.42. The van der Waals surface area contributed by atoms with Crippen molar-refractivity contribution < 1.29 is 9.30 Å². The zero-order chi connectivity index (χ0) is 55.1. The summed E-state index contributed by atoms with van der Waals surface area (Å²) in [6.45, 7) is 30.5. The summed E-state index contributed by atoms with van der Waals surface area (Å²) >= 11 is 0. The van der Waals surface area contributed by atoms with Crippen molar-refractivity contribution >= 4 is 32.8 Å². The molecule has 0 amide bonds. The van der Waals surface area contributed by atoms with Crippen LogP contribution in [0.25, 0.3) is 94.5 Å². The van der Waals surface area contributed by atoms with Gasteiger partial charge in [0, 0.05) is 23.0 Å². The summed E-state index contributed by atoms with van der Waals surface area (Å²) in [5, 5.41) is 2.33. The van der Waals surface area contributed by atoms with Gasteiger partial charge in [-0.05, 0) is 167 Å². The van der Waals surface area contributed by atoms with Crippen LogP contribution in [0.3, 0.4) is 0 Å². The van der Waals surface area contributed by atoms with Crippen molar-refractivity contribution in [1.29, 1.82) is 0 Å². The molecule has 5 heteroatoms. The lowest BCUT2D eigenvalue weighted by Crippen LogP contribution is -2.34. The Kier molecular flexibility index (Phi) is 11.3. The van der Waals surface area contributed by atoms with Crippen molar-refractivity contribution in [2.75, 3.05) is 0 Å². The third kappa shape index (κ3) is 8.42. The second-order valence-corrected chi connectivity index (χ2v) is 27.0. The Morgan fingerprint density at radius 1 is 0.468 bits per heavy atom. The first-order chi connectivity index (χ1) is 37.5. The molecule has 0 spiro atoms. The van der Waals surface area contributed by atoms with Crippen molar-refractivity contribution in [1.82, 2.24) is 14.1 Å². The van der Waals surface area contributed by atoms with Gasteiger partial charge in [-0.25, -0.2) is 4.98 Å². The molecular weight excluding hydrogens is 961 g/mol. The van der Waals surface area contributed by atoms with E-state index in [-0.39, 0.29) is 27.1 Å². The van der Waals surface area contributed by atoms with Crippen LogP contribution >= 0.6 is 0 Å². The van der Waals surface area contributed by atoms with E-state index in [1.807, 2.05) is 6.20 Å². The van der Waals surface area contributed by atoms with Gasteiger partial charge in [0.1, 0.15) is 17.3 Å². The van der Waals surface area contributed by atoms with Crippen LogP contribution in [-0.2, 0) is 27.1 Å². The van der Waals surface area contributed by atoms with Crippen LogP contribution < -0.4 is 9.30 Å². The fourth-order valence-corrected chi connectivity index (χ4v) is 12.7. The molecule has 0 N–H and O–H groups in total. The van der Waals surface area contributed by atoms with Gasteiger partial charge < -0.3 is 4.74 Å². The van der Waals surface area contributed by atoms with Crippen LogP contribution in [0.2, 0.25) is 0 Å². The molecule has 8 aromatic carbocycles. The monoisotopic (exact) mass is 1030 g/mol. The normalized spacial score (nSPS) is 14.7. The minimum absolute atomic E-state index is 0.00338. The average molecular weight is 1030 g/mol. The summed E-state index contributed by atoms with van der Waals surface area (Å²) in [7, 11) is 0. The summed E-state index contributed by atoms with van der Waals surface area (Å²) in [6, 6.07) is 63.3. The van der Waals surface area contributed by atoms with Crippen LogP contribution in [0.4, 0.5) is 0 Å². The molecule has 0 saturated carbocycles. The summed E-state index contributed by atoms with van der Waals surface area (Å²) in [5.41, 5.74) is 22.6. The van der Waals surface area contributed by atoms with Gasteiger partial charge in [0.2, 0.25) is 0 Å². The molecule has 2 aliphatic rings. The molecule has 4 heterocycles. The Bertz CT molecular complexity index is 4270. The van der Waals surface area contributed by atoms with E-state index >= 15 is 0 Å². The van der Waals surface area contributed by atoms with Gasteiger partial charge in [-0.15, -0.1) is 0 Å². The molecule has 0 fully saturated rings. The highest BCUT2D eigenvalue weighted by Gasteiger charge is 2.39. The van der Waals surface area contributed by atoms with Gasteiger partial charge in [0.05, 0.1) is 33.4 Å². The van der Waals surface area contributed by atoms with Crippen LogP contribution in [-0.4, -0.2) is 14.1 Å². The Hall–Kier alpha value is -8.02. The molecule has 0 bridgehead atoms. The highest BCUT2D eigenvalue weighted by molar-refractivity contribution is 6.09. The van der Waals surface area contributed by atoms with Crippen molar-refractivity contribution in [3.63, 3.8) is 0 Å². The Morgan fingerprint density at radius 2 is 1.05 bits per heavy atom. The molecule has 5 nitrogen and oxygen atoms in total. The van der Waals surface area contributed by atoms with Crippen LogP contribution in [0, 0.1) is 6.33 Å². The molecule has 1 aliphatic heterocycles. The summed E-state index contributed by atoms with van der Waals surface area (Å²) in [6.07, 6.45) is 8.30. The first-order valence-corrected chi connectivity index (χ1v) is 28.4. The number of ether oxygens (including phenoxy) is 1. The van der Waals surface area contributed by atoms with Crippen LogP contribution in [0.1, 0.15) is 131 Å². The number of pyridine rings is 1. The number of benzene rings is 8. The number of nitrogens with zero attached hydrogens (tertiary/aromatic N) is 4. The van der Waals surface area contributed by atoms with E-state index in [1.54, 1.807) is 0 Å². The highest BCUT2D eigenvalue weighted by Crippen LogP contribution is 2.53. The fourth-order valence-electron chi connectivity index (χ4n) is 12.7. The summed E-state index contributed by atoms with van der Waals surface area (Å²) < 4.78 is 13.9. The number of aromatic nitrogens is 4. The zero-order valence-electron chi connectivity index (χ0n) is 48.4. The highest BCUT2D eigenvalue weighted by atomic mass is 16.5. The third-order valence-corrected chi connectivity index (χ3v) is 17.5. The molecular formula is C74H72N4O. The van der Waals surface area contributed by atoms with Gasteiger partial charge in [-0.2, -0.15) is 0 Å². The standard InChI is InChI=1S/C74H72N4O/c1-70(2,3)47-30-28-46(29-31-47)58-38-49(72(7,8)9)39-61-60-44-63-62(73(10,11)35-36-74(63,12)13)43-59(60)54-23-15-14-22-53(54)57-25-19-27-65-69(57)77(68(58)61)45-76(65)50-20-18-21-51(41-50)79-52-32-33-56-55-24-16-17-26-64(55)78(66(56)42-52)67-40-48(34-37-75-67)71(4,5)6/h14-34,37-44H,35-36H2,1-13H3.